The van der Waals surface area contributed by atoms with Gasteiger partial charge >= 0.3 is 0 Å². The summed E-state index contributed by atoms with van der Waals surface area (Å²) in [6.45, 7) is 2.90. The van der Waals surface area contributed by atoms with E-state index in [1.54, 1.807) is 29.8 Å². The molecule has 2 atom stereocenters. The molecule has 0 unspecified atom stereocenters. The summed E-state index contributed by atoms with van der Waals surface area (Å²) in [5.41, 5.74) is 1.31. The van der Waals surface area contributed by atoms with Crippen LogP contribution in [0.4, 0.5) is 5.95 Å². The first-order valence-corrected chi connectivity index (χ1v) is 8.05. The number of likely N-dealkylation sites (tertiary alicyclic amines) is 1. The van der Waals surface area contributed by atoms with Crippen LogP contribution in [0.5, 0.6) is 0 Å². The van der Waals surface area contributed by atoms with E-state index >= 15 is 0 Å². The number of amides is 1. The Morgan fingerprint density at radius 2 is 2.29 bits per heavy atom. The van der Waals surface area contributed by atoms with Gasteiger partial charge in [0, 0.05) is 18.4 Å². The van der Waals surface area contributed by atoms with E-state index in [1.807, 2.05) is 6.92 Å². The van der Waals surface area contributed by atoms with Gasteiger partial charge in [-0.25, -0.2) is 9.97 Å². The average molecular weight is 302 g/mol. The number of hydrogen-bond acceptors (Lipinski definition) is 5. The molecule has 1 aliphatic heterocycles. The molecule has 110 valence electrons. The standard InChI is InChI=1S/C15H18N4OS/c1-11(14(20)18-15-16-6-3-7-17-15)19-8-2-4-13(19)12-5-9-21-10-12/h3,5-7,9-11,13H,2,4,8H2,1H3,(H,16,17,18,20)/t11-,13-/m0/s1. The summed E-state index contributed by atoms with van der Waals surface area (Å²) >= 11 is 1.70. The molecule has 3 rings (SSSR count). The van der Waals surface area contributed by atoms with E-state index in [-0.39, 0.29) is 11.9 Å². The van der Waals surface area contributed by atoms with Gasteiger partial charge in [0.05, 0.1) is 6.04 Å². The van der Waals surface area contributed by atoms with Crippen molar-refractivity contribution in [2.45, 2.75) is 31.8 Å². The molecule has 5 nitrogen and oxygen atoms in total. The van der Waals surface area contributed by atoms with Crippen molar-refractivity contribution in [2.24, 2.45) is 0 Å². The molecule has 0 aromatic carbocycles. The highest BCUT2D eigenvalue weighted by atomic mass is 32.1. The van der Waals surface area contributed by atoms with E-state index in [0.717, 1.165) is 19.4 Å². The smallest absolute Gasteiger partial charge is 0.243 e. The zero-order valence-electron chi connectivity index (χ0n) is 11.9. The molecule has 1 aliphatic rings. The molecule has 1 saturated heterocycles. The predicted molar refractivity (Wildman–Crippen MR) is 83.1 cm³/mol. The number of thiophene rings is 1. The maximum atomic E-state index is 12.4. The van der Waals surface area contributed by atoms with E-state index in [0.29, 0.717) is 12.0 Å². The summed E-state index contributed by atoms with van der Waals surface area (Å²) in [5, 5.41) is 7.05. The minimum atomic E-state index is -0.193. The van der Waals surface area contributed by atoms with Crippen LogP contribution in [0.15, 0.2) is 35.3 Å². The third-order valence-electron chi connectivity index (χ3n) is 3.90. The lowest BCUT2D eigenvalue weighted by Gasteiger charge is -2.29. The van der Waals surface area contributed by atoms with E-state index in [2.05, 4.69) is 37.0 Å². The van der Waals surface area contributed by atoms with Gasteiger partial charge in [0.15, 0.2) is 0 Å². The van der Waals surface area contributed by atoms with Crippen molar-refractivity contribution in [3.63, 3.8) is 0 Å². The van der Waals surface area contributed by atoms with Crippen molar-refractivity contribution < 1.29 is 4.79 Å². The van der Waals surface area contributed by atoms with Gasteiger partial charge in [-0.2, -0.15) is 11.3 Å². The first-order valence-electron chi connectivity index (χ1n) is 7.11. The molecular weight excluding hydrogens is 284 g/mol. The zero-order chi connectivity index (χ0) is 14.7. The Hall–Kier alpha value is -1.79. The van der Waals surface area contributed by atoms with Crippen LogP contribution in [0.1, 0.15) is 31.4 Å². The zero-order valence-corrected chi connectivity index (χ0v) is 12.7. The largest absolute Gasteiger partial charge is 0.293 e. The maximum absolute atomic E-state index is 12.4. The molecule has 2 aromatic heterocycles. The van der Waals surface area contributed by atoms with Gasteiger partial charge in [-0.05, 0) is 54.8 Å². The van der Waals surface area contributed by atoms with Gasteiger partial charge in [0.25, 0.3) is 0 Å². The Morgan fingerprint density at radius 3 is 3.00 bits per heavy atom. The topological polar surface area (TPSA) is 58.1 Å². The molecule has 1 N–H and O–H groups in total. The van der Waals surface area contributed by atoms with Crippen molar-refractivity contribution in [2.75, 3.05) is 11.9 Å². The number of carbonyl (C=O) groups is 1. The van der Waals surface area contributed by atoms with Crippen molar-refractivity contribution >= 4 is 23.2 Å². The van der Waals surface area contributed by atoms with Gasteiger partial charge in [-0.1, -0.05) is 0 Å². The van der Waals surface area contributed by atoms with Crippen LogP contribution in [0.25, 0.3) is 0 Å². The van der Waals surface area contributed by atoms with Gasteiger partial charge in [0.2, 0.25) is 11.9 Å². The fourth-order valence-corrected chi connectivity index (χ4v) is 3.51. The highest BCUT2D eigenvalue weighted by Crippen LogP contribution is 2.34. The normalized spacial score (nSPS) is 20.3. The second-order valence-electron chi connectivity index (χ2n) is 5.19. The third-order valence-corrected chi connectivity index (χ3v) is 4.60. The van der Waals surface area contributed by atoms with Crippen molar-refractivity contribution in [1.82, 2.24) is 14.9 Å². The van der Waals surface area contributed by atoms with Crippen LogP contribution >= 0.6 is 11.3 Å². The summed E-state index contributed by atoms with van der Waals surface area (Å²) in [7, 11) is 0. The van der Waals surface area contributed by atoms with Crippen LogP contribution in [-0.4, -0.2) is 33.4 Å². The van der Waals surface area contributed by atoms with Gasteiger partial charge in [-0.15, -0.1) is 0 Å². The molecule has 1 amide bonds. The average Bonchev–Trinajstić information content (AvgIpc) is 3.18. The Labute approximate surface area is 128 Å². The summed E-state index contributed by atoms with van der Waals surface area (Å²) in [6, 6.07) is 4.03. The summed E-state index contributed by atoms with van der Waals surface area (Å²) < 4.78 is 0. The van der Waals surface area contributed by atoms with Crippen LogP contribution in [0.2, 0.25) is 0 Å². The van der Waals surface area contributed by atoms with Crippen LogP contribution in [-0.2, 0) is 4.79 Å². The number of carbonyl (C=O) groups excluding carboxylic acids is 1. The fraction of sp³-hybridized carbons (Fsp3) is 0.400. The lowest BCUT2D eigenvalue weighted by atomic mass is 10.1. The second kappa shape index (κ2) is 6.32. The van der Waals surface area contributed by atoms with Crippen molar-refractivity contribution in [3.8, 4) is 0 Å². The molecular formula is C15H18N4OS. The minimum Gasteiger partial charge on any atom is -0.293 e. The Morgan fingerprint density at radius 1 is 1.48 bits per heavy atom. The first-order chi connectivity index (χ1) is 10.3. The Bertz CT molecular complexity index is 587. The maximum Gasteiger partial charge on any atom is 0.243 e. The first kappa shape index (κ1) is 14.2. The number of nitrogens with zero attached hydrogens (tertiary/aromatic N) is 3. The second-order valence-corrected chi connectivity index (χ2v) is 5.97. The lowest BCUT2D eigenvalue weighted by Crippen LogP contribution is -2.41. The fourth-order valence-electron chi connectivity index (χ4n) is 2.80. The van der Waals surface area contributed by atoms with Crippen LogP contribution in [0.3, 0.4) is 0 Å². The molecule has 3 heterocycles. The third kappa shape index (κ3) is 3.11. The van der Waals surface area contributed by atoms with Crippen LogP contribution in [0, 0.1) is 0 Å². The molecule has 0 aliphatic carbocycles. The molecule has 0 spiro atoms. The van der Waals surface area contributed by atoms with Gasteiger partial charge in [0.1, 0.15) is 0 Å². The van der Waals surface area contributed by atoms with Crippen molar-refractivity contribution in [3.05, 3.63) is 40.8 Å². The Balaban J connectivity index is 1.69. The van der Waals surface area contributed by atoms with E-state index in [1.165, 1.54) is 5.56 Å². The van der Waals surface area contributed by atoms with E-state index in [9.17, 15) is 4.79 Å². The monoisotopic (exact) mass is 302 g/mol. The van der Waals surface area contributed by atoms with E-state index in [4.69, 9.17) is 0 Å². The van der Waals surface area contributed by atoms with Crippen molar-refractivity contribution in [1.29, 1.82) is 0 Å². The van der Waals surface area contributed by atoms with Gasteiger partial charge in [-0.3, -0.25) is 15.0 Å². The predicted octanol–water partition coefficient (Wildman–Crippen LogP) is 2.70. The summed E-state index contributed by atoms with van der Waals surface area (Å²) in [4.78, 5) is 22.7. The molecule has 21 heavy (non-hydrogen) atoms. The number of aromatic nitrogens is 2. The SMILES string of the molecule is C[C@@H](C(=O)Nc1ncccn1)N1CCC[C@H]1c1ccsc1. The number of nitrogens with one attached hydrogen (secondary N) is 1. The lowest BCUT2D eigenvalue weighted by molar-refractivity contribution is -0.121. The number of anilines is 1. The van der Waals surface area contributed by atoms with Crippen LogP contribution < -0.4 is 5.32 Å². The molecule has 0 bridgehead atoms. The Kier molecular flexibility index (Phi) is 4.26. The van der Waals surface area contributed by atoms with E-state index < -0.39 is 0 Å². The highest BCUT2D eigenvalue weighted by molar-refractivity contribution is 7.07. The summed E-state index contributed by atoms with van der Waals surface area (Å²) in [6.07, 6.45) is 5.48. The molecule has 6 heteroatoms. The molecule has 0 saturated carbocycles. The number of hydrogen-bond donors (Lipinski definition) is 1. The molecule has 1 fully saturated rings. The quantitative estimate of drug-likeness (QED) is 0.943. The molecule has 0 radical (unpaired) electrons. The molecule has 2 aromatic rings. The summed E-state index contributed by atoms with van der Waals surface area (Å²) in [5.74, 6) is 0.309. The highest BCUT2D eigenvalue weighted by Gasteiger charge is 2.33. The minimum absolute atomic E-state index is 0.0525. The van der Waals surface area contributed by atoms with Gasteiger partial charge < -0.3 is 0 Å². The number of rotatable bonds is 4.